The van der Waals surface area contributed by atoms with Gasteiger partial charge in [0.1, 0.15) is 5.76 Å². The molecule has 0 radical (unpaired) electrons. The summed E-state index contributed by atoms with van der Waals surface area (Å²) in [4.78, 5) is 17.3. The Balaban J connectivity index is 1.28. The van der Waals surface area contributed by atoms with Crippen molar-refractivity contribution in [1.82, 2.24) is 9.29 Å². The van der Waals surface area contributed by atoms with E-state index in [9.17, 15) is 13.2 Å². The lowest BCUT2D eigenvalue weighted by molar-refractivity contribution is 0.0730. The van der Waals surface area contributed by atoms with Gasteiger partial charge in [-0.2, -0.15) is 4.31 Å². The molecule has 0 amide bonds. The van der Waals surface area contributed by atoms with Crippen LogP contribution in [-0.2, 0) is 14.8 Å². The van der Waals surface area contributed by atoms with Gasteiger partial charge in [-0.15, -0.1) is 11.3 Å². The highest BCUT2D eigenvalue weighted by molar-refractivity contribution is 7.89. The van der Waals surface area contributed by atoms with E-state index < -0.39 is 10.0 Å². The zero-order chi connectivity index (χ0) is 22.8. The zero-order valence-corrected chi connectivity index (χ0v) is 19.1. The first-order valence-corrected chi connectivity index (χ1v) is 12.6. The monoisotopic (exact) mass is 480 g/mol. The third kappa shape index (κ3) is 4.53. The van der Waals surface area contributed by atoms with Crippen LogP contribution in [0.25, 0.3) is 27.1 Å². The van der Waals surface area contributed by atoms with Crippen LogP contribution < -0.4 is 0 Å². The lowest BCUT2D eigenvalue weighted by Crippen LogP contribution is -2.40. The molecule has 0 aliphatic carbocycles. The Morgan fingerprint density at radius 2 is 1.76 bits per heavy atom. The molecule has 1 aliphatic rings. The molecule has 2 aromatic carbocycles. The molecule has 7 nitrogen and oxygen atoms in total. The number of hydrogen-bond donors (Lipinski definition) is 0. The average Bonchev–Trinajstić information content (AvgIpc) is 3.50. The van der Waals surface area contributed by atoms with Gasteiger partial charge in [-0.25, -0.2) is 13.4 Å². The van der Waals surface area contributed by atoms with Crippen LogP contribution >= 0.6 is 11.3 Å². The molecule has 1 saturated heterocycles. The number of rotatable bonds is 6. The highest BCUT2D eigenvalue weighted by Gasteiger charge is 2.26. The fraction of sp³-hybridized carbons (Fsp3) is 0.167. The van der Waals surface area contributed by atoms with Crippen LogP contribution in [0.2, 0.25) is 0 Å². The summed E-state index contributed by atoms with van der Waals surface area (Å²) in [5, 5.41) is 0.777. The summed E-state index contributed by atoms with van der Waals surface area (Å²) < 4.78 is 38.9. The van der Waals surface area contributed by atoms with Gasteiger partial charge in [0.15, 0.2) is 16.6 Å². The Labute approximate surface area is 195 Å². The second-order valence-electron chi connectivity index (χ2n) is 7.43. The van der Waals surface area contributed by atoms with Gasteiger partial charge in [-0.05, 0) is 60.7 Å². The summed E-state index contributed by atoms with van der Waals surface area (Å²) in [6, 6.07) is 17.5. The average molecular weight is 481 g/mol. The number of furan rings is 1. The number of aromatic nitrogens is 1. The number of ketones is 1. The number of carbonyl (C=O) groups excluding carboxylic acids is 1. The number of hydrogen-bond acceptors (Lipinski definition) is 7. The minimum absolute atomic E-state index is 0.163. The predicted octanol–water partition coefficient (Wildman–Crippen LogP) is 4.47. The number of benzene rings is 2. The van der Waals surface area contributed by atoms with Crippen LogP contribution in [0.1, 0.15) is 16.1 Å². The maximum absolute atomic E-state index is 12.7. The van der Waals surface area contributed by atoms with Crippen LogP contribution in [0, 0.1) is 0 Å². The molecule has 1 aliphatic heterocycles. The highest BCUT2D eigenvalue weighted by atomic mass is 32.2. The highest BCUT2D eigenvalue weighted by Crippen LogP contribution is 2.31. The Hall–Kier alpha value is -3.11. The molecular weight excluding hydrogens is 460 g/mol. The number of sulfonamides is 1. The second kappa shape index (κ2) is 9.03. The number of carbonyl (C=O) groups is 1. The van der Waals surface area contributed by atoms with Crippen molar-refractivity contribution in [3.05, 3.63) is 78.1 Å². The van der Waals surface area contributed by atoms with Crippen molar-refractivity contribution in [2.75, 3.05) is 26.3 Å². The van der Waals surface area contributed by atoms with E-state index in [1.807, 2.05) is 30.3 Å². The molecule has 168 valence electrons. The molecule has 9 heteroatoms. The maximum atomic E-state index is 12.7. The van der Waals surface area contributed by atoms with E-state index in [0.29, 0.717) is 43.4 Å². The van der Waals surface area contributed by atoms with Crippen LogP contribution in [-0.4, -0.2) is 49.8 Å². The Kier molecular flexibility index (Phi) is 5.94. The second-order valence-corrected chi connectivity index (χ2v) is 10.4. The maximum Gasteiger partial charge on any atom is 0.243 e. The zero-order valence-electron chi connectivity index (χ0n) is 17.5. The van der Waals surface area contributed by atoms with Crippen molar-refractivity contribution < 1.29 is 22.4 Å². The molecule has 4 aromatic rings. The molecule has 0 unspecified atom stereocenters. The van der Waals surface area contributed by atoms with Crippen molar-refractivity contribution >= 4 is 43.4 Å². The lowest BCUT2D eigenvalue weighted by Gasteiger charge is -2.26. The van der Waals surface area contributed by atoms with Gasteiger partial charge in [-0.1, -0.05) is 12.1 Å². The summed E-state index contributed by atoms with van der Waals surface area (Å²) in [7, 11) is -3.59. The van der Waals surface area contributed by atoms with Crippen LogP contribution in [0.4, 0.5) is 0 Å². The third-order valence-corrected chi connectivity index (χ3v) is 8.24. The van der Waals surface area contributed by atoms with Gasteiger partial charge in [0.05, 0.1) is 28.3 Å². The number of morpholine rings is 1. The molecular formula is C24H20N2O5S2. The summed E-state index contributed by atoms with van der Waals surface area (Å²) >= 11 is 1.54. The molecule has 0 bridgehead atoms. The minimum Gasteiger partial charge on any atom is -0.454 e. The molecule has 0 saturated carbocycles. The number of para-hydroxylation sites is 1. The Morgan fingerprint density at radius 3 is 2.52 bits per heavy atom. The van der Waals surface area contributed by atoms with Crippen molar-refractivity contribution in [2.45, 2.75) is 4.90 Å². The van der Waals surface area contributed by atoms with Gasteiger partial charge in [0.2, 0.25) is 10.0 Å². The van der Waals surface area contributed by atoms with Crippen molar-refractivity contribution in [1.29, 1.82) is 0 Å². The van der Waals surface area contributed by atoms with Crippen LogP contribution in [0.3, 0.4) is 0 Å². The Morgan fingerprint density at radius 1 is 1.00 bits per heavy atom. The van der Waals surface area contributed by atoms with Crippen molar-refractivity contribution in [3.63, 3.8) is 0 Å². The first kappa shape index (κ1) is 21.7. The number of ether oxygens (including phenoxy) is 1. The van der Waals surface area contributed by atoms with Gasteiger partial charge in [0.25, 0.3) is 0 Å². The molecule has 3 heterocycles. The minimum atomic E-state index is -3.59. The normalized spacial score (nSPS) is 15.4. The Bertz CT molecular complexity index is 1400. The van der Waals surface area contributed by atoms with E-state index in [1.165, 1.54) is 34.6 Å². The number of fused-ring (bicyclic) bond motifs is 1. The molecule has 0 N–H and O–H groups in total. The molecule has 1 fully saturated rings. The summed E-state index contributed by atoms with van der Waals surface area (Å²) in [6.07, 6.45) is 3.00. The van der Waals surface area contributed by atoms with Crippen LogP contribution in [0.15, 0.2) is 76.1 Å². The number of thiazole rings is 1. The largest absolute Gasteiger partial charge is 0.454 e. The SMILES string of the molecule is O=C(C=Cc1ccc(-c2nc3ccccc3s2)o1)c1ccc(S(=O)(=O)N2CCOCC2)cc1. The molecule has 33 heavy (non-hydrogen) atoms. The van der Waals surface area contributed by atoms with Crippen LogP contribution in [0.5, 0.6) is 0 Å². The van der Waals surface area contributed by atoms with E-state index in [-0.39, 0.29) is 10.7 Å². The molecule has 0 atom stereocenters. The van der Waals surface area contributed by atoms with Gasteiger partial charge in [-0.3, -0.25) is 4.79 Å². The fourth-order valence-corrected chi connectivity index (χ4v) is 5.85. The summed E-state index contributed by atoms with van der Waals surface area (Å²) in [5.41, 5.74) is 1.31. The first-order valence-electron chi connectivity index (χ1n) is 10.4. The van der Waals surface area contributed by atoms with Gasteiger partial charge < -0.3 is 9.15 Å². The first-order chi connectivity index (χ1) is 16.0. The fourth-order valence-electron chi connectivity index (χ4n) is 3.52. The molecule has 5 rings (SSSR count). The topological polar surface area (TPSA) is 89.7 Å². The van der Waals surface area contributed by atoms with Crippen molar-refractivity contribution in [2.24, 2.45) is 0 Å². The van der Waals surface area contributed by atoms with Gasteiger partial charge >= 0.3 is 0 Å². The summed E-state index contributed by atoms with van der Waals surface area (Å²) in [5.74, 6) is 0.924. The quantitative estimate of drug-likeness (QED) is 0.299. The van der Waals surface area contributed by atoms with E-state index in [0.717, 1.165) is 15.2 Å². The van der Waals surface area contributed by atoms with E-state index in [4.69, 9.17) is 9.15 Å². The van der Waals surface area contributed by atoms with E-state index >= 15 is 0 Å². The van der Waals surface area contributed by atoms with Gasteiger partial charge in [0, 0.05) is 18.7 Å². The van der Waals surface area contributed by atoms with E-state index in [1.54, 1.807) is 23.5 Å². The smallest absolute Gasteiger partial charge is 0.243 e. The lowest BCUT2D eigenvalue weighted by atomic mass is 10.1. The third-order valence-electron chi connectivity index (χ3n) is 5.28. The standard InChI is InChI=1S/C24H20N2O5S2/c27-21(17-5-9-19(10-6-17)33(28,29)26-13-15-30-16-14-26)11-7-18-8-12-22(31-18)24-25-20-3-1-2-4-23(20)32-24/h1-12H,13-16H2. The van der Waals surface area contributed by atoms with Crippen molar-refractivity contribution in [3.8, 4) is 10.8 Å². The predicted molar refractivity (Wildman–Crippen MR) is 127 cm³/mol. The number of nitrogens with zero attached hydrogens (tertiary/aromatic N) is 2. The number of allylic oxidation sites excluding steroid dienone is 1. The molecule has 2 aromatic heterocycles. The summed E-state index contributed by atoms with van der Waals surface area (Å²) in [6.45, 7) is 1.42. The molecule has 0 spiro atoms. The van der Waals surface area contributed by atoms with E-state index in [2.05, 4.69) is 4.98 Å².